The lowest BCUT2D eigenvalue weighted by atomic mass is 10.1. The van der Waals surface area contributed by atoms with Crippen LogP contribution in [0.15, 0.2) is 4.90 Å². The van der Waals surface area contributed by atoms with E-state index in [-0.39, 0.29) is 27.3 Å². The van der Waals surface area contributed by atoms with Crippen molar-refractivity contribution in [1.82, 2.24) is 0 Å². The predicted molar refractivity (Wildman–Crippen MR) is 82.9 cm³/mol. The SMILES string of the molecule is CCS(=O)(=O)c1c(NC(C)C(C)C)sc(C(N)=O)c1N. The largest absolute Gasteiger partial charge is 0.396 e. The molecular weight excluding hydrogens is 298 g/mol. The van der Waals surface area contributed by atoms with Crippen LogP contribution in [0.5, 0.6) is 0 Å². The van der Waals surface area contributed by atoms with Gasteiger partial charge in [0.05, 0.1) is 11.4 Å². The highest BCUT2D eigenvalue weighted by atomic mass is 32.2. The quantitative estimate of drug-likeness (QED) is 0.738. The van der Waals surface area contributed by atoms with Crippen molar-refractivity contribution in [2.75, 3.05) is 16.8 Å². The Bertz CT molecular complexity index is 606. The Morgan fingerprint density at radius 1 is 1.35 bits per heavy atom. The number of hydrogen-bond donors (Lipinski definition) is 3. The second-order valence-electron chi connectivity index (χ2n) is 4.95. The molecule has 1 unspecified atom stereocenters. The summed E-state index contributed by atoms with van der Waals surface area (Å²) in [6.45, 7) is 7.49. The van der Waals surface area contributed by atoms with E-state index in [0.717, 1.165) is 11.3 Å². The predicted octanol–water partition coefficient (Wildman–Crippen LogP) is 1.68. The van der Waals surface area contributed by atoms with Crippen LogP contribution in [-0.2, 0) is 9.84 Å². The van der Waals surface area contributed by atoms with E-state index in [9.17, 15) is 13.2 Å². The Balaban J connectivity index is 3.43. The molecule has 1 heterocycles. The topological polar surface area (TPSA) is 115 Å². The van der Waals surface area contributed by atoms with Crippen LogP contribution in [0.4, 0.5) is 10.7 Å². The second-order valence-corrected chi connectivity index (χ2v) is 8.18. The highest BCUT2D eigenvalue weighted by Crippen LogP contribution is 2.40. The number of amides is 1. The number of thiophene rings is 1. The summed E-state index contributed by atoms with van der Waals surface area (Å²) in [6, 6.07) is 0.0413. The Hall–Kier alpha value is -1.28. The zero-order chi connectivity index (χ0) is 15.7. The summed E-state index contributed by atoms with van der Waals surface area (Å²) >= 11 is 0.992. The minimum atomic E-state index is -3.53. The van der Waals surface area contributed by atoms with Gasteiger partial charge in [-0.3, -0.25) is 4.79 Å². The van der Waals surface area contributed by atoms with Crippen molar-refractivity contribution in [3.8, 4) is 0 Å². The third kappa shape index (κ3) is 3.24. The molecule has 0 aliphatic rings. The van der Waals surface area contributed by atoms with E-state index >= 15 is 0 Å². The van der Waals surface area contributed by atoms with Crippen molar-refractivity contribution in [2.45, 2.75) is 38.6 Å². The van der Waals surface area contributed by atoms with E-state index < -0.39 is 15.7 Å². The zero-order valence-electron chi connectivity index (χ0n) is 12.1. The number of nitrogens with two attached hydrogens (primary N) is 2. The van der Waals surface area contributed by atoms with Gasteiger partial charge in [-0.05, 0) is 12.8 Å². The van der Waals surface area contributed by atoms with E-state index in [2.05, 4.69) is 5.32 Å². The Morgan fingerprint density at radius 2 is 1.90 bits per heavy atom. The standard InChI is InChI=1S/C12H21N3O3S2/c1-5-20(17,18)10-8(13)9(11(14)16)19-12(10)15-7(4)6(2)3/h6-7,15H,5,13H2,1-4H3,(H2,14,16). The van der Waals surface area contributed by atoms with Crippen LogP contribution in [0.1, 0.15) is 37.4 Å². The zero-order valence-corrected chi connectivity index (χ0v) is 13.7. The van der Waals surface area contributed by atoms with Gasteiger partial charge in [0.1, 0.15) is 14.8 Å². The van der Waals surface area contributed by atoms with Crippen molar-refractivity contribution >= 4 is 37.8 Å². The lowest BCUT2D eigenvalue weighted by Crippen LogP contribution is -2.22. The fourth-order valence-corrected chi connectivity index (χ4v) is 4.14. The summed E-state index contributed by atoms with van der Waals surface area (Å²) in [7, 11) is -3.53. The molecule has 114 valence electrons. The number of anilines is 2. The Kier molecular flexibility index (Phi) is 5.04. The molecule has 0 radical (unpaired) electrons. The summed E-state index contributed by atoms with van der Waals surface area (Å²) in [4.78, 5) is 11.4. The van der Waals surface area contributed by atoms with Crippen molar-refractivity contribution in [2.24, 2.45) is 11.7 Å². The average molecular weight is 319 g/mol. The first-order valence-electron chi connectivity index (χ1n) is 6.33. The van der Waals surface area contributed by atoms with Crippen molar-refractivity contribution in [3.63, 3.8) is 0 Å². The highest BCUT2D eigenvalue weighted by molar-refractivity contribution is 7.91. The van der Waals surface area contributed by atoms with Crippen molar-refractivity contribution in [3.05, 3.63) is 4.88 Å². The highest BCUT2D eigenvalue weighted by Gasteiger charge is 2.28. The maximum Gasteiger partial charge on any atom is 0.261 e. The fourth-order valence-electron chi connectivity index (χ4n) is 1.53. The smallest absolute Gasteiger partial charge is 0.261 e. The molecule has 0 saturated carbocycles. The first kappa shape index (κ1) is 16.8. The summed E-state index contributed by atoms with van der Waals surface area (Å²) < 4.78 is 24.3. The molecule has 5 N–H and O–H groups in total. The van der Waals surface area contributed by atoms with Crippen molar-refractivity contribution in [1.29, 1.82) is 0 Å². The van der Waals surface area contributed by atoms with Crippen molar-refractivity contribution < 1.29 is 13.2 Å². The van der Waals surface area contributed by atoms with Gasteiger partial charge in [0.2, 0.25) is 0 Å². The lowest BCUT2D eigenvalue weighted by molar-refractivity contribution is 0.100. The first-order valence-corrected chi connectivity index (χ1v) is 8.80. The number of rotatable bonds is 6. The van der Waals surface area contributed by atoms with Gasteiger partial charge in [0.25, 0.3) is 5.91 Å². The number of primary amides is 1. The van der Waals surface area contributed by atoms with Crippen LogP contribution in [-0.4, -0.2) is 26.1 Å². The van der Waals surface area contributed by atoms with Crippen LogP contribution < -0.4 is 16.8 Å². The van der Waals surface area contributed by atoms with E-state index in [0.29, 0.717) is 10.9 Å². The molecule has 1 amide bonds. The summed E-state index contributed by atoms with van der Waals surface area (Å²) in [5.41, 5.74) is 11.0. The minimum Gasteiger partial charge on any atom is -0.396 e. The minimum absolute atomic E-state index is 0.00806. The summed E-state index contributed by atoms with van der Waals surface area (Å²) in [6.07, 6.45) is 0. The van der Waals surface area contributed by atoms with E-state index in [1.165, 1.54) is 6.92 Å². The van der Waals surface area contributed by atoms with Gasteiger partial charge in [0, 0.05) is 6.04 Å². The molecule has 0 aliphatic heterocycles. The average Bonchev–Trinajstić information content (AvgIpc) is 2.66. The number of carbonyl (C=O) groups is 1. The number of nitrogens with one attached hydrogen (secondary N) is 1. The molecule has 0 saturated heterocycles. The first-order chi connectivity index (χ1) is 9.11. The number of sulfone groups is 1. The van der Waals surface area contributed by atoms with Gasteiger partial charge in [-0.2, -0.15) is 0 Å². The normalized spacial score (nSPS) is 13.4. The molecule has 1 atom stereocenters. The number of hydrogen-bond acceptors (Lipinski definition) is 6. The van der Waals surface area contributed by atoms with Crippen LogP contribution in [0.25, 0.3) is 0 Å². The number of carbonyl (C=O) groups excluding carboxylic acids is 1. The van der Waals surface area contributed by atoms with Crippen LogP contribution in [0.3, 0.4) is 0 Å². The fraction of sp³-hybridized carbons (Fsp3) is 0.583. The van der Waals surface area contributed by atoms with Crippen LogP contribution in [0.2, 0.25) is 0 Å². The Labute approximate surface area is 123 Å². The van der Waals surface area contributed by atoms with Gasteiger partial charge < -0.3 is 16.8 Å². The molecule has 0 spiro atoms. The van der Waals surface area contributed by atoms with E-state index in [1.807, 2.05) is 20.8 Å². The molecule has 0 bridgehead atoms. The third-order valence-electron chi connectivity index (χ3n) is 3.17. The molecule has 0 fully saturated rings. The molecule has 8 heteroatoms. The van der Waals surface area contributed by atoms with Gasteiger partial charge >= 0.3 is 0 Å². The molecule has 0 aliphatic carbocycles. The summed E-state index contributed by atoms with van der Waals surface area (Å²) in [5, 5.41) is 3.51. The molecule has 6 nitrogen and oxygen atoms in total. The second kappa shape index (κ2) is 6.01. The van der Waals surface area contributed by atoms with Gasteiger partial charge in [-0.25, -0.2) is 8.42 Å². The summed E-state index contributed by atoms with van der Waals surface area (Å²) in [5.74, 6) is -0.505. The lowest BCUT2D eigenvalue weighted by Gasteiger charge is -2.18. The monoisotopic (exact) mass is 319 g/mol. The van der Waals surface area contributed by atoms with Gasteiger partial charge in [0.15, 0.2) is 9.84 Å². The van der Waals surface area contributed by atoms with E-state index in [1.54, 1.807) is 0 Å². The molecular formula is C12H21N3O3S2. The maximum atomic E-state index is 12.2. The van der Waals surface area contributed by atoms with Gasteiger partial charge in [-0.15, -0.1) is 11.3 Å². The molecule has 20 heavy (non-hydrogen) atoms. The molecule has 1 rings (SSSR count). The molecule has 1 aromatic heterocycles. The Morgan fingerprint density at radius 3 is 2.30 bits per heavy atom. The maximum absolute atomic E-state index is 12.2. The van der Waals surface area contributed by atoms with Crippen LogP contribution >= 0.6 is 11.3 Å². The van der Waals surface area contributed by atoms with E-state index in [4.69, 9.17) is 11.5 Å². The third-order valence-corrected chi connectivity index (χ3v) is 6.26. The van der Waals surface area contributed by atoms with Gasteiger partial charge in [-0.1, -0.05) is 20.8 Å². The molecule has 0 aromatic carbocycles. The number of nitrogen functional groups attached to an aromatic ring is 1. The molecule has 1 aromatic rings. The van der Waals surface area contributed by atoms with Crippen LogP contribution in [0, 0.1) is 5.92 Å².